The molecule has 0 fully saturated rings. The van der Waals surface area contributed by atoms with Crippen LogP contribution in [0.3, 0.4) is 0 Å². The highest BCUT2D eigenvalue weighted by Crippen LogP contribution is 2.38. The Hall–Kier alpha value is -3.62. The highest BCUT2D eigenvalue weighted by Gasteiger charge is 2.26. The van der Waals surface area contributed by atoms with Crippen molar-refractivity contribution in [1.29, 1.82) is 0 Å². The van der Waals surface area contributed by atoms with Crippen molar-refractivity contribution in [2.75, 3.05) is 23.5 Å². The van der Waals surface area contributed by atoms with Gasteiger partial charge in [-0.3, -0.25) is 9.59 Å². The Morgan fingerprint density at radius 1 is 0.919 bits per heavy atom. The van der Waals surface area contributed by atoms with Crippen molar-refractivity contribution in [2.24, 2.45) is 0 Å². The zero-order chi connectivity index (χ0) is 25.8. The van der Waals surface area contributed by atoms with Crippen molar-refractivity contribution in [3.8, 4) is 0 Å². The number of amides is 2. The fourth-order valence-electron chi connectivity index (χ4n) is 4.48. The molecule has 2 N–H and O–H groups in total. The summed E-state index contributed by atoms with van der Waals surface area (Å²) in [7, 11) is 1.36. The molecule has 1 aliphatic rings. The van der Waals surface area contributed by atoms with Gasteiger partial charge in [0.2, 0.25) is 5.91 Å². The molecule has 0 spiro atoms. The fourth-order valence-corrected chi connectivity index (χ4v) is 6.53. The van der Waals surface area contributed by atoms with Crippen LogP contribution in [0.2, 0.25) is 0 Å². The number of thioether (sulfide) groups is 1. The molecule has 1 aromatic heterocycles. The van der Waals surface area contributed by atoms with Crippen LogP contribution in [0.25, 0.3) is 10.8 Å². The second-order valence-electron chi connectivity index (χ2n) is 8.79. The van der Waals surface area contributed by atoms with Crippen molar-refractivity contribution in [3.05, 3.63) is 88.3 Å². The van der Waals surface area contributed by atoms with E-state index in [4.69, 9.17) is 4.74 Å². The maximum absolute atomic E-state index is 12.8. The van der Waals surface area contributed by atoms with Gasteiger partial charge in [0, 0.05) is 21.0 Å². The van der Waals surface area contributed by atoms with Gasteiger partial charge in [-0.1, -0.05) is 36.4 Å². The standard InChI is InChI=1S/C29H26N2O4S2/c1-35-29(34)26-23-11-4-5-12-24(23)37-28(26)31-25(32)17-36-22-10-6-9-21(16-22)30-27(33)20-14-13-18-7-2-3-8-19(18)15-20/h2-3,6-10,13-16H,4-5,11-12,17H2,1H3,(H,30,33)(H,31,32). The molecule has 8 heteroatoms. The number of hydrogen-bond donors (Lipinski definition) is 2. The highest BCUT2D eigenvalue weighted by atomic mass is 32.2. The van der Waals surface area contributed by atoms with Crippen molar-refractivity contribution >= 4 is 62.3 Å². The summed E-state index contributed by atoms with van der Waals surface area (Å²) in [6.07, 6.45) is 3.88. The summed E-state index contributed by atoms with van der Waals surface area (Å²) in [5.74, 6) is -0.621. The number of ether oxygens (including phenoxy) is 1. The lowest BCUT2D eigenvalue weighted by Crippen LogP contribution is -2.16. The number of hydrogen-bond acceptors (Lipinski definition) is 6. The SMILES string of the molecule is COC(=O)c1c(NC(=O)CSc2cccc(NC(=O)c3ccc4ccccc4c3)c2)sc2c1CCCC2. The van der Waals surface area contributed by atoms with Crippen LogP contribution in [-0.4, -0.2) is 30.6 Å². The van der Waals surface area contributed by atoms with Gasteiger partial charge < -0.3 is 15.4 Å². The zero-order valence-electron chi connectivity index (χ0n) is 20.3. The number of rotatable bonds is 7. The van der Waals surface area contributed by atoms with E-state index in [1.165, 1.54) is 30.2 Å². The van der Waals surface area contributed by atoms with E-state index < -0.39 is 5.97 Å². The molecule has 4 aromatic rings. The van der Waals surface area contributed by atoms with E-state index in [1.807, 2.05) is 66.7 Å². The Morgan fingerprint density at radius 3 is 2.57 bits per heavy atom. The third kappa shape index (κ3) is 5.70. The lowest BCUT2D eigenvalue weighted by Gasteiger charge is -2.11. The van der Waals surface area contributed by atoms with Gasteiger partial charge in [-0.25, -0.2) is 4.79 Å². The van der Waals surface area contributed by atoms with Gasteiger partial charge in [-0.15, -0.1) is 23.1 Å². The van der Waals surface area contributed by atoms with E-state index in [-0.39, 0.29) is 17.6 Å². The predicted octanol–water partition coefficient (Wildman–Crippen LogP) is 6.55. The minimum Gasteiger partial charge on any atom is -0.465 e. The summed E-state index contributed by atoms with van der Waals surface area (Å²) >= 11 is 2.84. The van der Waals surface area contributed by atoms with Gasteiger partial charge in [0.25, 0.3) is 5.91 Å². The maximum Gasteiger partial charge on any atom is 0.341 e. The molecule has 0 saturated heterocycles. The number of carbonyl (C=O) groups is 3. The average molecular weight is 531 g/mol. The van der Waals surface area contributed by atoms with E-state index in [1.54, 1.807) is 0 Å². The third-order valence-electron chi connectivity index (χ3n) is 6.29. The molecule has 188 valence electrons. The van der Waals surface area contributed by atoms with Crippen LogP contribution in [0.15, 0.2) is 71.6 Å². The van der Waals surface area contributed by atoms with Crippen LogP contribution in [0.4, 0.5) is 10.7 Å². The molecule has 3 aromatic carbocycles. The third-order valence-corrected chi connectivity index (χ3v) is 8.49. The summed E-state index contributed by atoms with van der Waals surface area (Å²) in [5.41, 5.74) is 2.75. The largest absolute Gasteiger partial charge is 0.465 e. The molecule has 0 radical (unpaired) electrons. The first kappa shape index (κ1) is 25.0. The average Bonchev–Trinajstić information content (AvgIpc) is 3.29. The number of aryl methyl sites for hydroxylation is 1. The number of carbonyl (C=O) groups excluding carboxylic acids is 3. The van der Waals surface area contributed by atoms with Crippen molar-refractivity contribution in [2.45, 2.75) is 30.6 Å². The Kier molecular flexibility index (Phi) is 7.58. The number of anilines is 2. The smallest absolute Gasteiger partial charge is 0.341 e. The normalized spacial score (nSPS) is 12.6. The minimum atomic E-state index is -0.405. The first-order valence-corrected chi connectivity index (χ1v) is 13.9. The lowest BCUT2D eigenvalue weighted by molar-refractivity contribution is -0.113. The number of fused-ring (bicyclic) bond motifs is 2. The fraction of sp³-hybridized carbons (Fsp3) is 0.207. The van der Waals surface area contributed by atoms with Crippen LogP contribution in [0.5, 0.6) is 0 Å². The molecular formula is C29H26N2O4S2. The van der Waals surface area contributed by atoms with E-state index >= 15 is 0 Å². The second kappa shape index (κ2) is 11.2. The van der Waals surface area contributed by atoms with Gasteiger partial charge in [0.15, 0.2) is 0 Å². The number of methoxy groups -OCH3 is 1. The molecule has 0 aliphatic heterocycles. The molecule has 2 amide bonds. The van der Waals surface area contributed by atoms with Crippen LogP contribution < -0.4 is 10.6 Å². The zero-order valence-corrected chi connectivity index (χ0v) is 22.0. The molecule has 1 aliphatic carbocycles. The molecule has 0 unspecified atom stereocenters. The molecule has 1 heterocycles. The van der Waals surface area contributed by atoms with Crippen LogP contribution in [-0.2, 0) is 22.4 Å². The molecule has 6 nitrogen and oxygen atoms in total. The monoisotopic (exact) mass is 530 g/mol. The number of nitrogens with one attached hydrogen (secondary N) is 2. The van der Waals surface area contributed by atoms with Gasteiger partial charge in [0.05, 0.1) is 18.4 Å². The first-order chi connectivity index (χ1) is 18.0. The van der Waals surface area contributed by atoms with E-state index in [0.717, 1.165) is 51.8 Å². The molecule has 0 atom stereocenters. The van der Waals surface area contributed by atoms with Gasteiger partial charge in [-0.2, -0.15) is 0 Å². The Balaban J connectivity index is 1.22. The highest BCUT2D eigenvalue weighted by molar-refractivity contribution is 8.00. The molecule has 5 rings (SSSR count). The topological polar surface area (TPSA) is 84.5 Å². The van der Waals surface area contributed by atoms with Crippen molar-refractivity contribution < 1.29 is 19.1 Å². The Morgan fingerprint density at radius 2 is 1.73 bits per heavy atom. The predicted molar refractivity (Wildman–Crippen MR) is 150 cm³/mol. The summed E-state index contributed by atoms with van der Waals surface area (Å²) in [6, 6.07) is 20.9. The summed E-state index contributed by atoms with van der Waals surface area (Å²) < 4.78 is 4.99. The molecule has 0 saturated carbocycles. The van der Waals surface area contributed by atoms with E-state index in [0.29, 0.717) is 21.8 Å². The second-order valence-corrected chi connectivity index (χ2v) is 10.9. The first-order valence-electron chi connectivity index (χ1n) is 12.1. The van der Waals surface area contributed by atoms with Gasteiger partial charge >= 0.3 is 5.97 Å². The Labute approximate surface area is 223 Å². The van der Waals surface area contributed by atoms with E-state index in [9.17, 15) is 14.4 Å². The Bertz CT molecular complexity index is 1490. The number of thiophene rings is 1. The van der Waals surface area contributed by atoms with Crippen molar-refractivity contribution in [1.82, 2.24) is 0 Å². The number of esters is 1. The van der Waals surface area contributed by atoms with Crippen molar-refractivity contribution in [3.63, 3.8) is 0 Å². The quantitative estimate of drug-likeness (QED) is 0.209. The maximum atomic E-state index is 12.8. The molecular weight excluding hydrogens is 504 g/mol. The van der Waals surface area contributed by atoms with E-state index in [2.05, 4.69) is 10.6 Å². The molecule has 37 heavy (non-hydrogen) atoms. The lowest BCUT2D eigenvalue weighted by atomic mass is 9.95. The van der Waals surface area contributed by atoms with Crippen LogP contribution >= 0.6 is 23.1 Å². The summed E-state index contributed by atoms with van der Waals surface area (Å²) in [4.78, 5) is 40.0. The van der Waals surface area contributed by atoms with Gasteiger partial charge in [-0.05, 0) is 72.4 Å². The minimum absolute atomic E-state index is 0.172. The van der Waals surface area contributed by atoms with Crippen LogP contribution in [0.1, 0.15) is 44.0 Å². The summed E-state index contributed by atoms with van der Waals surface area (Å²) in [6.45, 7) is 0. The summed E-state index contributed by atoms with van der Waals surface area (Å²) in [5, 5.41) is 8.52. The van der Waals surface area contributed by atoms with Crippen LogP contribution in [0, 0.1) is 0 Å². The number of benzene rings is 3. The van der Waals surface area contributed by atoms with Gasteiger partial charge in [0.1, 0.15) is 5.00 Å². The molecule has 0 bridgehead atoms.